The van der Waals surface area contributed by atoms with Crippen molar-refractivity contribution in [1.29, 1.82) is 0 Å². The van der Waals surface area contributed by atoms with Crippen LogP contribution in [-0.4, -0.2) is 44.6 Å². The Bertz CT molecular complexity index is 496. The van der Waals surface area contributed by atoms with E-state index in [1.807, 2.05) is 6.92 Å². The first-order chi connectivity index (χ1) is 10.4. The minimum Gasteiger partial charge on any atom is -0.480 e. The summed E-state index contributed by atoms with van der Waals surface area (Å²) in [4.78, 5) is 47.4. The molecule has 0 saturated carbocycles. The van der Waals surface area contributed by atoms with Gasteiger partial charge in [0.25, 0.3) is 0 Å². The number of nitrogens with two attached hydrogens (primary N) is 2. The van der Waals surface area contributed by atoms with Gasteiger partial charge in [0.15, 0.2) is 10.9 Å². The number of carbonyl (C=O) groups is 4. The van der Waals surface area contributed by atoms with Crippen LogP contribution in [0.5, 0.6) is 0 Å². The van der Waals surface area contributed by atoms with Gasteiger partial charge in [-0.05, 0) is 13.3 Å². The maximum atomic E-state index is 12.3. The molecule has 0 radical (unpaired) electrons. The summed E-state index contributed by atoms with van der Waals surface area (Å²) in [5.74, 6) is -3.98. The summed E-state index contributed by atoms with van der Waals surface area (Å²) < 4.78 is 0. The van der Waals surface area contributed by atoms with E-state index in [-0.39, 0.29) is 23.1 Å². The van der Waals surface area contributed by atoms with Gasteiger partial charge in [0, 0.05) is 25.0 Å². The van der Waals surface area contributed by atoms with Crippen molar-refractivity contribution in [3.05, 3.63) is 0 Å². The molecule has 23 heavy (non-hydrogen) atoms. The zero-order valence-electron chi connectivity index (χ0n) is 14.0. The van der Waals surface area contributed by atoms with Crippen LogP contribution >= 0.6 is 11.8 Å². The van der Waals surface area contributed by atoms with E-state index in [4.69, 9.17) is 11.5 Å². The lowest BCUT2D eigenvalue weighted by Gasteiger charge is -2.44. The lowest BCUT2D eigenvalue weighted by Crippen LogP contribution is -2.78. The van der Waals surface area contributed by atoms with Crippen molar-refractivity contribution in [2.75, 3.05) is 5.75 Å². The Balaban J connectivity index is 5.84. The monoisotopic (exact) mass is 346 g/mol. The van der Waals surface area contributed by atoms with Crippen LogP contribution in [0.3, 0.4) is 0 Å². The molecule has 7 nitrogen and oxygen atoms in total. The molecule has 0 aromatic carbocycles. The highest BCUT2D eigenvalue weighted by Crippen LogP contribution is 2.32. The van der Waals surface area contributed by atoms with E-state index in [9.17, 15) is 24.3 Å². The van der Waals surface area contributed by atoms with Crippen molar-refractivity contribution in [3.8, 4) is 0 Å². The molecule has 0 aromatic rings. The Hall–Kier alpha value is -1.25. The normalized spacial score (nSPS) is 17.7. The zero-order valence-corrected chi connectivity index (χ0v) is 14.9. The van der Waals surface area contributed by atoms with Gasteiger partial charge in [-0.25, -0.2) is 0 Å². The van der Waals surface area contributed by atoms with Gasteiger partial charge in [-0.2, -0.15) is 0 Å². The number of rotatable bonds is 10. The van der Waals surface area contributed by atoms with E-state index in [2.05, 4.69) is 0 Å². The van der Waals surface area contributed by atoms with Gasteiger partial charge in [0.2, 0.25) is 0 Å². The molecule has 0 aliphatic carbocycles. The number of carbonyl (C=O) groups excluding carboxylic acids is 3. The molecule has 3 unspecified atom stereocenters. The molecule has 0 aliphatic heterocycles. The minimum absolute atomic E-state index is 0.194. The average molecular weight is 346 g/mol. The molecule has 0 aliphatic rings. The van der Waals surface area contributed by atoms with E-state index >= 15 is 0 Å². The zero-order chi connectivity index (χ0) is 18.4. The summed E-state index contributed by atoms with van der Waals surface area (Å²) in [6.07, 6.45) is 1.59. The van der Waals surface area contributed by atoms with Crippen LogP contribution in [0.2, 0.25) is 0 Å². The fourth-order valence-electron chi connectivity index (χ4n) is 2.40. The Morgan fingerprint density at radius 2 is 1.70 bits per heavy atom. The van der Waals surface area contributed by atoms with Crippen LogP contribution in [0.25, 0.3) is 0 Å². The second-order valence-electron chi connectivity index (χ2n) is 5.77. The lowest BCUT2D eigenvalue weighted by molar-refractivity contribution is -0.151. The van der Waals surface area contributed by atoms with E-state index in [0.29, 0.717) is 18.2 Å². The van der Waals surface area contributed by atoms with E-state index in [1.165, 1.54) is 13.8 Å². The number of unbranched alkanes of at least 4 members (excludes halogenated alkanes) is 1. The number of hydrogen-bond donors (Lipinski definition) is 3. The van der Waals surface area contributed by atoms with Gasteiger partial charge in [0.05, 0.1) is 0 Å². The molecule has 0 amide bonds. The van der Waals surface area contributed by atoms with E-state index < -0.39 is 28.7 Å². The molecule has 0 heterocycles. The highest BCUT2D eigenvalue weighted by atomic mass is 32.2. The topological polar surface area (TPSA) is 141 Å². The van der Waals surface area contributed by atoms with Crippen molar-refractivity contribution in [3.63, 3.8) is 0 Å². The quantitative estimate of drug-likeness (QED) is 0.526. The first-order valence-corrected chi connectivity index (χ1v) is 8.41. The molecule has 8 heteroatoms. The van der Waals surface area contributed by atoms with Crippen LogP contribution in [0, 0.1) is 5.92 Å². The molecule has 3 atom stereocenters. The minimum atomic E-state index is -2.23. The maximum Gasteiger partial charge on any atom is 0.327 e. The summed E-state index contributed by atoms with van der Waals surface area (Å²) >= 11 is 0.670. The van der Waals surface area contributed by atoms with Crippen LogP contribution in [-0.2, 0) is 19.2 Å². The van der Waals surface area contributed by atoms with Crippen molar-refractivity contribution in [2.45, 2.75) is 58.0 Å². The van der Waals surface area contributed by atoms with Crippen LogP contribution in [0.1, 0.15) is 47.0 Å². The van der Waals surface area contributed by atoms with Gasteiger partial charge >= 0.3 is 5.97 Å². The number of carboxylic acid groups (broad SMARTS) is 1. The van der Waals surface area contributed by atoms with Crippen molar-refractivity contribution < 1.29 is 24.3 Å². The number of hydrogen-bond acceptors (Lipinski definition) is 7. The van der Waals surface area contributed by atoms with Gasteiger partial charge in [-0.3, -0.25) is 19.2 Å². The highest BCUT2D eigenvalue weighted by Gasteiger charge is 2.59. The summed E-state index contributed by atoms with van der Waals surface area (Å²) in [5.41, 5.74) is 7.77. The molecule has 0 aromatic heterocycles. The average Bonchev–Trinajstić information content (AvgIpc) is 2.47. The highest BCUT2D eigenvalue weighted by molar-refractivity contribution is 8.13. The fourth-order valence-corrected chi connectivity index (χ4v) is 3.19. The predicted molar refractivity (Wildman–Crippen MR) is 89.0 cm³/mol. The Kier molecular flexibility index (Phi) is 8.09. The van der Waals surface area contributed by atoms with Crippen molar-refractivity contribution in [2.24, 2.45) is 17.4 Å². The SMILES string of the molecule is CCCCC(=O)C(C)C(N)(C(C)=O)C(N)(CSC(C)=O)C(=O)O. The number of ketones is 2. The first kappa shape index (κ1) is 21.8. The lowest BCUT2D eigenvalue weighted by atomic mass is 9.66. The standard InChI is InChI=1S/C15H26N2O5S/c1-5-6-7-12(20)9(2)15(17,10(3)18)14(16,13(21)22)8-23-11(4)19/h9H,5-8,16-17H2,1-4H3,(H,21,22). The van der Waals surface area contributed by atoms with Gasteiger partial charge in [-0.15, -0.1) is 0 Å². The molecule has 0 bridgehead atoms. The summed E-state index contributed by atoms with van der Waals surface area (Å²) in [7, 11) is 0. The van der Waals surface area contributed by atoms with E-state index in [0.717, 1.165) is 13.3 Å². The van der Waals surface area contributed by atoms with Crippen LogP contribution in [0.4, 0.5) is 0 Å². The Morgan fingerprint density at radius 1 is 1.17 bits per heavy atom. The number of aliphatic carboxylic acids is 1. The van der Waals surface area contributed by atoms with Crippen molar-refractivity contribution in [1.82, 2.24) is 0 Å². The van der Waals surface area contributed by atoms with Crippen molar-refractivity contribution >= 4 is 34.4 Å². The number of Topliss-reactive ketones (excluding diaryl/α,β-unsaturated/α-hetero) is 2. The Morgan fingerprint density at radius 3 is 2.04 bits per heavy atom. The van der Waals surface area contributed by atoms with E-state index in [1.54, 1.807) is 0 Å². The third-order valence-corrected chi connectivity index (χ3v) is 5.15. The summed E-state index contributed by atoms with van der Waals surface area (Å²) in [5, 5.41) is 9.19. The fraction of sp³-hybridized carbons (Fsp3) is 0.733. The molecule has 0 fully saturated rings. The molecule has 0 saturated heterocycles. The molecule has 0 spiro atoms. The largest absolute Gasteiger partial charge is 0.480 e. The second-order valence-corrected chi connectivity index (χ2v) is 6.93. The first-order valence-electron chi connectivity index (χ1n) is 7.43. The molecule has 5 N–H and O–H groups in total. The van der Waals surface area contributed by atoms with Gasteiger partial charge in [0.1, 0.15) is 16.9 Å². The van der Waals surface area contributed by atoms with Gasteiger partial charge < -0.3 is 16.6 Å². The Labute approximate surface area is 140 Å². The summed E-state index contributed by atoms with van der Waals surface area (Å²) in [6, 6.07) is 0. The van der Waals surface area contributed by atoms with Crippen LogP contribution < -0.4 is 11.5 Å². The molecule has 132 valence electrons. The second kappa shape index (κ2) is 8.56. The molecular formula is C15H26N2O5S. The maximum absolute atomic E-state index is 12.3. The van der Waals surface area contributed by atoms with Gasteiger partial charge in [-0.1, -0.05) is 32.0 Å². The van der Waals surface area contributed by atoms with Crippen LogP contribution in [0.15, 0.2) is 0 Å². The molecule has 0 rings (SSSR count). The number of thioether (sulfide) groups is 1. The molecular weight excluding hydrogens is 320 g/mol. The summed E-state index contributed by atoms with van der Waals surface area (Å²) in [6.45, 7) is 5.70. The third-order valence-electron chi connectivity index (χ3n) is 4.15. The predicted octanol–water partition coefficient (Wildman–Crippen LogP) is 0.730. The number of carboxylic acids is 1. The smallest absolute Gasteiger partial charge is 0.327 e. The third kappa shape index (κ3) is 4.62.